The molecule has 0 aromatic carbocycles. The number of hydrogen-bond donors (Lipinski definition) is 2. The molecular weight excluding hydrogens is 452 g/mol. The second-order valence-electron chi connectivity index (χ2n) is 11.1. The molecule has 3 fully saturated rings. The van der Waals surface area contributed by atoms with Crippen LogP contribution in [0.15, 0.2) is 23.8 Å². The molecule has 35 heavy (non-hydrogen) atoms. The van der Waals surface area contributed by atoms with Crippen molar-refractivity contribution in [1.82, 2.24) is 0 Å². The first-order chi connectivity index (χ1) is 16.5. The summed E-state index contributed by atoms with van der Waals surface area (Å²) in [6.07, 6.45) is 6.90. The van der Waals surface area contributed by atoms with E-state index >= 15 is 0 Å². The lowest BCUT2D eigenvalue weighted by molar-refractivity contribution is -0.185. The molecule has 0 aromatic heterocycles. The summed E-state index contributed by atoms with van der Waals surface area (Å²) >= 11 is 0. The maximum absolute atomic E-state index is 13.2. The Balaban J connectivity index is 1.65. The highest BCUT2D eigenvalue weighted by molar-refractivity contribution is 6.01. The predicted octanol–water partition coefficient (Wildman–Crippen LogP) is 3.44. The summed E-state index contributed by atoms with van der Waals surface area (Å²) in [5, 5.41) is 21.3. The van der Waals surface area contributed by atoms with Crippen LogP contribution in [0.25, 0.3) is 0 Å². The topological polar surface area (TPSA) is 127 Å². The number of unbranched alkanes of at least 4 members (excludes halogenated alkanes) is 1. The average Bonchev–Trinajstić information content (AvgIpc) is 3.09. The molecule has 0 aromatic rings. The highest BCUT2D eigenvalue weighted by Gasteiger charge is 2.70. The normalized spacial score (nSPS) is 39.7. The number of carbonyl (C=O) groups excluding carboxylic acids is 4. The molecule has 2 N–H and O–H groups in total. The molecule has 0 radical (unpaired) electrons. The summed E-state index contributed by atoms with van der Waals surface area (Å²) < 4.78 is 10.5. The van der Waals surface area contributed by atoms with E-state index in [-0.39, 0.29) is 42.8 Å². The molecule has 192 valence electrons. The molecule has 0 bridgehead atoms. The number of allylic oxidation sites excluding steroid dienone is 4. The number of rotatable bonds is 6. The van der Waals surface area contributed by atoms with Crippen LogP contribution < -0.4 is 0 Å². The Morgan fingerprint density at radius 2 is 1.94 bits per heavy atom. The highest BCUT2D eigenvalue weighted by Crippen LogP contribution is 2.67. The van der Waals surface area contributed by atoms with E-state index in [1.165, 1.54) is 0 Å². The lowest BCUT2D eigenvalue weighted by Crippen LogP contribution is -2.63. The number of hydrogen-bond acceptors (Lipinski definition) is 8. The molecule has 0 aliphatic heterocycles. The fourth-order valence-corrected chi connectivity index (χ4v) is 7.75. The minimum absolute atomic E-state index is 0.0305. The molecule has 0 amide bonds. The van der Waals surface area contributed by atoms with Gasteiger partial charge in [0.1, 0.15) is 6.61 Å². The number of aliphatic hydroxyl groups excluding tert-OH is 2. The van der Waals surface area contributed by atoms with Gasteiger partial charge in [-0.1, -0.05) is 38.8 Å². The molecule has 0 saturated heterocycles. The fourth-order valence-electron chi connectivity index (χ4n) is 7.75. The summed E-state index contributed by atoms with van der Waals surface area (Å²) in [5.41, 5.74) is -2.06. The van der Waals surface area contributed by atoms with Gasteiger partial charge in [0, 0.05) is 23.2 Å². The summed E-state index contributed by atoms with van der Waals surface area (Å²) in [5.74, 6) is -1.57. The van der Waals surface area contributed by atoms with Crippen molar-refractivity contribution < 1.29 is 38.9 Å². The van der Waals surface area contributed by atoms with Crippen LogP contribution in [0.5, 0.6) is 0 Å². The fraction of sp³-hybridized carbons (Fsp3) is 0.704. The Hall–Kier alpha value is -2.32. The van der Waals surface area contributed by atoms with Crippen LogP contribution in [0, 0.1) is 28.6 Å². The van der Waals surface area contributed by atoms with Gasteiger partial charge in [-0.25, -0.2) is 4.79 Å². The van der Waals surface area contributed by atoms with Crippen LogP contribution in [0.4, 0.5) is 4.79 Å². The molecule has 4 aliphatic carbocycles. The minimum atomic E-state index is -1.68. The van der Waals surface area contributed by atoms with Crippen LogP contribution in [0.2, 0.25) is 0 Å². The third-order valence-corrected chi connectivity index (χ3v) is 9.40. The molecule has 0 heterocycles. The van der Waals surface area contributed by atoms with E-state index in [4.69, 9.17) is 9.47 Å². The van der Waals surface area contributed by atoms with E-state index in [2.05, 4.69) is 6.92 Å². The quantitative estimate of drug-likeness (QED) is 0.430. The lowest BCUT2D eigenvalue weighted by atomic mass is 9.46. The van der Waals surface area contributed by atoms with Gasteiger partial charge in [-0.3, -0.25) is 14.4 Å². The van der Waals surface area contributed by atoms with E-state index in [1.807, 2.05) is 19.9 Å². The first-order valence-electron chi connectivity index (χ1n) is 12.7. The van der Waals surface area contributed by atoms with E-state index in [1.54, 1.807) is 12.2 Å². The van der Waals surface area contributed by atoms with Crippen molar-refractivity contribution in [2.75, 3.05) is 6.61 Å². The smallest absolute Gasteiger partial charge is 0.419 e. The second kappa shape index (κ2) is 9.28. The number of esters is 1. The number of carbonyl (C=O) groups is 4. The van der Waals surface area contributed by atoms with E-state index in [9.17, 15) is 29.4 Å². The Kier molecular flexibility index (Phi) is 6.83. The third-order valence-electron chi connectivity index (χ3n) is 9.40. The van der Waals surface area contributed by atoms with Crippen molar-refractivity contribution in [3.05, 3.63) is 23.8 Å². The zero-order valence-corrected chi connectivity index (χ0v) is 20.7. The van der Waals surface area contributed by atoms with Gasteiger partial charge in [-0.15, -0.1) is 0 Å². The number of aliphatic hydroxyl groups is 2. The molecule has 0 spiro atoms. The second-order valence-corrected chi connectivity index (χ2v) is 11.1. The summed E-state index contributed by atoms with van der Waals surface area (Å²) in [6, 6.07) is 0. The molecule has 8 heteroatoms. The molecule has 3 saturated carbocycles. The van der Waals surface area contributed by atoms with Gasteiger partial charge in [-0.05, 0) is 62.5 Å². The monoisotopic (exact) mass is 488 g/mol. The van der Waals surface area contributed by atoms with Gasteiger partial charge in [0.2, 0.25) is 5.78 Å². The first kappa shape index (κ1) is 25.8. The standard InChI is InChI=1S/C27H36O8/c1-4-5-6-22(32)34-24(33)35-27(21(31)15-28)12-10-19-18-8-7-16-13-17(29)9-11-25(16,2)23(18)20(30)14-26(19,27)3/h9,11,13,18-20,23,28,30H,4-8,10,12,14-15H2,1-3H3/t18-,19-,20?,23+,25-,26-,27-/m0/s1. The molecule has 8 nitrogen and oxygen atoms in total. The SMILES string of the molecule is CCCCC(=O)OC(=O)O[C@]1(C(=O)CO)CC[C@H]2[C@@H]3CCC4=CC(=O)C=C[C@]4(C)[C@H]3C(O)C[C@@]21C. The number of Topliss-reactive ketones (excluding diaryl/α,β-unsaturated/α-hetero) is 1. The highest BCUT2D eigenvalue weighted by atomic mass is 16.8. The number of ketones is 2. The predicted molar refractivity (Wildman–Crippen MR) is 125 cm³/mol. The average molecular weight is 489 g/mol. The van der Waals surface area contributed by atoms with Gasteiger partial charge in [0.05, 0.1) is 6.10 Å². The number of fused-ring (bicyclic) bond motifs is 5. The zero-order chi connectivity index (χ0) is 25.6. The summed E-state index contributed by atoms with van der Waals surface area (Å²) in [7, 11) is 0. The maximum Gasteiger partial charge on any atom is 0.517 e. The Morgan fingerprint density at radius 1 is 1.20 bits per heavy atom. The van der Waals surface area contributed by atoms with E-state index in [0.29, 0.717) is 19.3 Å². The number of ether oxygens (including phenoxy) is 2. The van der Waals surface area contributed by atoms with Crippen molar-refractivity contribution in [3.8, 4) is 0 Å². The van der Waals surface area contributed by atoms with Crippen LogP contribution >= 0.6 is 0 Å². The maximum atomic E-state index is 13.2. The van der Waals surface area contributed by atoms with Gasteiger partial charge >= 0.3 is 12.1 Å². The van der Waals surface area contributed by atoms with Crippen molar-refractivity contribution in [2.24, 2.45) is 28.6 Å². The Bertz CT molecular complexity index is 982. The molecule has 1 unspecified atom stereocenters. The molecule has 7 atom stereocenters. The van der Waals surface area contributed by atoms with Crippen LogP contribution in [-0.4, -0.2) is 52.2 Å². The van der Waals surface area contributed by atoms with Crippen LogP contribution in [0.1, 0.15) is 72.1 Å². The summed E-state index contributed by atoms with van der Waals surface area (Å²) in [4.78, 5) is 49.8. The third kappa shape index (κ3) is 3.99. The first-order valence-corrected chi connectivity index (χ1v) is 12.7. The van der Waals surface area contributed by atoms with Crippen molar-refractivity contribution in [1.29, 1.82) is 0 Å². The van der Waals surface area contributed by atoms with Crippen molar-refractivity contribution in [3.63, 3.8) is 0 Å². The van der Waals surface area contributed by atoms with Gasteiger partial charge < -0.3 is 19.7 Å². The van der Waals surface area contributed by atoms with Gasteiger partial charge in [-0.2, -0.15) is 0 Å². The van der Waals surface area contributed by atoms with E-state index < -0.39 is 47.0 Å². The Morgan fingerprint density at radius 3 is 2.63 bits per heavy atom. The van der Waals surface area contributed by atoms with Crippen molar-refractivity contribution >= 4 is 23.7 Å². The molecule has 4 rings (SSSR count). The van der Waals surface area contributed by atoms with Gasteiger partial charge in [0.25, 0.3) is 0 Å². The van der Waals surface area contributed by atoms with E-state index in [0.717, 1.165) is 18.4 Å². The zero-order valence-electron chi connectivity index (χ0n) is 20.7. The molecular formula is C27H36O8. The largest absolute Gasteiger partial charge is 0.517 e. The summed E-state index contributed by atoms with van der Waals surface area (Å²) in [6.45, 7) is 4.99. The Labute approximate surface area is 205 Å². The lowest BCUT2D eigenvalue weighted by Gasteiger charge is -2.59. The van der Waals surface area contributed by atoms with Gasteiger partial charge in [0.15, 0.2) is 11.4 Å². The van der Waals surface area contributed by atoms with Crippen LogP contribution in [-0.2, 0) is 23.9 Å². The minimum Gasteiger partial charge on any atom is -0.419 e. The van der Waals surface area contributed by atoms with Crippen molar-refractivity contribution in [2.45, 2.75) is 83.8 Å². The molecule has 4 aliphatic rings. The van der Waals surface area contributed by atoms with Crippen LogP contribution in [0.3, 0.4) is 0 Å².